The van der Waals surface area contributed by atoms with Gasteiger partial charge in [-0.2, -0.15) is 5.10 Å². The molecule has 1 heterocycles. The molecule has 3 nitrogen and oxygen atoms in total. The molecule has 0 saturated carbocycles. The first-order valence-electron chi connectivity index (χ1n) is 2.72. The molecule has 0 spiro atoms. The molecule has 1 aromatic heterocycles. The molecule has 0 aromatic carbocycles. The van der Waals surface area contributed by atoms with Gasteiger partial charge in [0.05, 0.1) is 11.8 Å². The first-order valence-corrected chi connectivity index (χ1v) is 2.72. The Morgan fingerprint density at radius 2 is 2.30 bits per heavy atom. The maximum Gasteiger partial charge on any atom is 0.163 e. The van der Waals surface area contributed by atoms with E-state index in [-0.39, 0.29) is 18.2 Å². The number of hydrogen-bond donors (Lipinski definition) is 1. The Labute approximate surface area is 65.2 Å². The highest BCUT2D eigenvalue weighted by atomic mass is 35.5. The lowest BCUT2D eigenvalue weighted by molar-refractivity contribution is 0.101. The summed E-state index contributed by atoms with van der Waals surface area (Å²) in [6.45, 7) is 3.35. The lowest BCUT2D eigenvalue weighted by Gasteiger charge is -1.86. The van der Waals surface area contributed by atoms with Crippen LogP contribution >= 0.6 is 12.4 Å². The largest absolute Gasteiger partial charge is 0.294 e. The molecule has 0 fully saturated rings. The molecule has 4 heteroatoms. The van der Waals surface area contributed by atoms with E-state index in [1.54, 1.807) is 0 Å². The van der Waals surface area contributed by atoms with E-state index >= 15 is 0 Å². The number of aromatic amines is 1. The number of aromatic nitrogens is 2. The van der Waals surface area contributed by atoms with Gasteiger partial charge in [-0.05, 0) is 13.8 Å². The Hall–Kier alpha value is -0.830. The summed E-state index contributed by atoms with van der Waals surface area (Å²) in [6, 6.07) is 0. The highest BCUT2D eigenvalue weighted by molar-refractivity contribution is 5.94. The lowest BCUT2D eigenvalue weighted by atomic mass is 10.2. The average molecular weight is 161 g/mol. The van der Waals surface area contributed by atoms with Crippen LogP contribution in [0.2, 0.25) is 0 Å². The van der Waals surface area contributed by atoms with Gasteiger partial charge in [0.2, 0.25) is 0 Å². The first-order chi connectivity index (χ1) is 4.22. The Morgan fingerprint density at radius 1 is 1.70 bits per heavy atom. The molecule has 0 radical (unpaired) electrons. The van der Waals surface area contributed by atoms with Gasteiger partial charge in [-0.1, -0.05) is 0 Å². The Kier molecular flexibility index (Phi) is 3.09. The van der Waals surface area contributed by atoms with Gasteiger partial charge in [-0.15, -0.1) is 12.4 Å². The van der Waals surface area contributed by atoms with Crippen LogP contribution in [-0.2, 0) is 0 Å². The second-order valence-corrected chi connectivity index (χ2v) is 1.96. The van der Waals surface area contributed by atoms with E-state index < -0.39 is 0 Å². The maximum absolute atomic E-state index is 10.7. The molecule has 0 amide bonds. The third-order valence-corrected chi connectivity index (χ3v) is 1.21. The van der Waals surface area contributed by atoms with E-state index in [4.69, 9.17) is 0 Å². The number of ketones is 1. The molecule has 56 valence electrons. The average Bonchev–Trinajstić information content (AvgIpc) is 2.13. The predicted octanol–water partition coefficient (Wildman–Crippen LogP) is 1.34. The highest BCUT2D eigenvalue weighted by Gasteiger charge is 2.02. The lowest BCUT2D eigenvalue weighted by Crippen LogP contribution is -1.90. The summed E-state index contributed by atoms with van der Waals surface area (Å²) < 4.78 is 0. The molecule has 10 heavy (non-hydrogen) atoms. The van der Waals surface area contributed by atoms with E-state index in [2.05, 4.69) is 10.2 Å². The zero-order valence-corrected chi connectivity index (χ0v) is 6.66. The van der Waals surface area contributed by atoms with E-state index in [0.29, 0.717) is 5.56 Å². The number of carbonyl (C=O) groups excluding carboxylic acids is 1. The van der Waals surface area contributed by atoms with Crippen molar-refractivity contribution in [2.24, 2.45) is 0 Å². The van der Waals surface area contributed by atoms with Crippen LogP contribution in [0.15, 0.2) is 6.20 Å². The topological polar surface area (TPSA) is 45.8 Å². The number of hydrogen-bond acceptors (Lipinski definition) is 2. The third-order valence-electron chi connectivity index (χ3n) is 1.21. The number of carbonyl (C=O) groups is 1. The van der Waals surface area contributed by atoms with Gasteiger partial charge in [-0.25, -0.2) is 0 Å². The molecule has 0 aliphatic carbocycles. The van der Waals surface area contributed by atoms with E-state index in [9.17, 15) is 4.79 Å². The monoisotopic (exact) mass is 160 g/mol. The summed E-state index contributed by atoms with van der Waals surface area (Å²) in [6.07, 6.45) is 1.54. The van der Waals surface area contributed by atoms with Crippen LogP contribution in [-0.4, -0.2) is 16.0 Å². The van der Waals surface area contributed by atoms with Crippen molar-refractivity contribution in [1.82, 2.24) is 10.2 Å². The summed E-state index contributed by atoms with van der Waals surface area (Å²) >= 11 is 0. The van der Waals surface area contributed by atoms with Gasteiger partial charge in [0, 0.05) is 5.69 Å². The molecular formula is C6H9ClN2O. The zero-order chi connectivity index (χ0) is 6.85. The summed E-state index contributed by atoms with van der Waals surface area (Å²) in [5.41, 5.74) is 1.51. The molecule has 1 aromatic rings. The normalized spacial score (nSPS) is 8.60. The summed E-state index contributed by atoms with van der Waals surface area (Å²) in [5, 5.41) is 6.38. The SMILES string of the molecule is CC(=O)c1cn[nH]c1C.Cl. The smallest absolute Gasteiger partial charge is 0.163 e. The predicted molar refractivity (Wildman–Crippen MR) is 40.6 cm³/mol. The second-order valence-electron chi connectivity index (χ2n) is 1.96. The molecule has 0 bridgehead atoms. The zero-order valence-electron chi connectivity index (χ0n) is 5.84. The van der Waals surface area contributed by atoms with Crippen molar-refractivity contribution >= 4 is 18.2 Å². The van der Waals surface area contributed by atoms with Crippen molar-refractivity contribution in [3.8, 4) is 0 Å². The van der Waals surface area contributed by atoms with Crippen LogP contribution in [0.25, 0.3) is 0 Å². The third kappa shape index (κ3) is 1.57. The number of H-pyrrole nitrogens is 1. The van der Waals surface area contributed by atoms with Gasteiger partial charge in [0.25, 0.3) is 0 Å². The molecule has 1 rings (SSSR count). The van der Waals surface area contributed by atoms with E-state index in [1.165, 1.54) is 13.1 Å². The van der Waals surface area contributed by atoms with Crippen LogP contribution in [0.1, 0.15) is 23.0 Å². The summed E-state index contributed by atoms with van der Waals surface area (Å²) in [5.74, 6) is 0.0567. The molecular weight excluding hydrogens is 152 g/mol. The maximum atomic E-state index is 10.7. The number of halogens is 1. The standard InChI is InChI=1S/C6H8N2O.ClH/c1-4-6(5(2)9)3-7-8-4;/h3H,1-2H3,(H,7,8);1H. The molecule has 1 N–H and O–H groups in total. The van der Waals surface area contributed by atoms with Crippen molar-refractivity contribution in [2.45, 2.75) is 13.8 Å². The van der Waals surface area contributed by atoms with Crippen molar-refractivity contribution < 1.29 is 4.79 Å². The van der Waals surface area contributed by atoms with E-state index in [1.807, 2.05) is 6.92 Å². The quantitative estimate of drug-likeness (QED) is 0.631. The van der Waals surface area contributed by atoms with Crippen LogP contribution in [0, 0.1) is 6.92 Å². The fraction of sp³-hybridized carbons (Fsp3) is 0.333. The first kappa shape index (κ1) is 9.17. The van der Waals surface area contributed by atoms with Gasteiger partial charge in [0.15, 0.2) is 5.78 Å². The minimum absolute atomic E-state index is 0. The van der Waals surface area contributed by atoms with Crippen molar-refractivity contribution in [3.63, 3.8) is 0 Å². The molecule has 0 atom stereocenters. The molecule has 0 saturated heterocycles. The van der Waals surface area contributed by atoms with Gasteiger partial charge >= 0.3 is 0 Å². The van der Waals surface area contributed by atoms with Gasteiger partial charge in [-0.3, -0.25) is 9.89 Å². The summed E-state index contributed by atoms with van der Waals surface area (Å²) in [4.78, 5) is 10.7. The van der Waals surface area contributed by atoms with Crippen LogP contribution in [0.3, 0.4) is 0 Å². The number of rotatable bonds is 1. The number of Topliss-reactive ketones (excluding diaryl/α,β-unsaturated/α-hetero) is 1. The number of aryl methyl sites for hydroxylation is 1. The summed E-state index contributed by atoms with van der Waals surface area (Å²) in [7, 11) is 0. The van der Waals surface area contributed by atoms with Crippen molar-refractivity contribution in [2.75, 3.05) is 0 Å². The van der Waals surface area contributed by atoms with Crippen LogP contribution in [0.5, 0.6) is 0 Å². The van der Waals surface area contributed by atoms with Crippen LogP contribution < -0.4 is 0 Å². The number of nitrogens with zero attached hydrogens (tertiary/aromatic N) is 1. The second kappa shape index (κ2) is 3.37. The van der Waals surface area contributed by atoms with Gasteiger partial charge < -0.3 is 0 Å². The van der Waals surface area contributed by atoms with Crippen LogP contribution in [0.4, 0.5) is 0 Å². The number of nitrogens with one attached hydrogen (secondary N) is 1. The molecule has 0 aliphatic rings. The Morgan fingerprint density at radius 3 is 2.50 bits per heavy atom. The Balaban J connectivity index is 0.000000810. The minimum atomic E-state index is 0. The van der Waals surface area contributed by atoms with Gasteiger partial charge in [0.1, 0.15) is 0 Å². The highest BCUT2D eigenvalue weighted by Crippen LogP contribution is 2.01. The fourth-order valence-corrected chi connectivity index (χ4v) is 0.706. The van der Waals surface area contributed by atoms with Crippen molar-refractivity contribution in [1.29, 1.82) is 0 Å². The Bertz CT molecular complexity index is 231. The molecule has 0 unspecified atom stereocenters. The van der Waals surface area contributed by atoms with Crippen molar-refractivity contribution in [3.05, 3.63) is 17.5 Å². The fourth-order valence-electron chi connectivity index (χ4n) is 0.706. The minimum Gasteiger partial charge on any atom is -0.294 e. The van der Waals surface area contributed by atoms with E-state index in [0.717, 1.165) is 5.69 Å². The molecule has 0 aliphatic heterocycles.